The molecule has 2 N–H and O–H groups in total. The van der Waals surface area contributed by atoms with Gasteiger partial charge in [-0.15, -0.1) is 0 Å². The van der Waals surface area contributed by atoms with Crippen molar-refractivity contribution >= 4 is 17.6 Å². The van der Waals surface area contributed by atoms with E-state index in [0.29, 0.717) is 35.8 Å². The number of benzene rings is 2. The maximum absolute atomic E-state index is 5.99. The van der Waals surface area contributed by atoms with Gasteiger partial charge in [0.25, 0.3) is 0 Å². The number of nitrogens with zero attached hydrogens (tertiary/aromatic N) is 3. The van der Waals surface area contributed by atoms with Crippen molar-refractivity contribution < 1.29 is 4.52 Å². The topological polar surface area (TPSA) is 75.3 Å². The normalized spacial score (nSPS) is 11.4. The van der Waals surface area contributed by atoms with Crippen LogP contribution in [-0.4, -0.2) is 23.1 Å². The highest BCUT2D eigenvalue weighted by molar-refractivity contribution is 6.30. The lowest BCUT2D eigenvalue weighted by Crippen LogP contribution is -2.36. The number of aliphatic imine (C=N–C) groups is 1. The zero-order chi connectivity index (χ0) is 18.4. The molecule has 2 aromatic carbocycles. The Labute approximate surface area is 157 Å². The molecular weight excluding hydrogens is 350 g/mol. The summed E-state index contributed by atoms with van der Waals surface area (Å²) in [4.78, 5) is 8.57. The molecule has 26 heavy (non-hydrogen) atoms. The van der Waals surface area contributed by atoms with Crippen molar-refractivity contribution in [2.45, 2.75) is 20.0 Å². The summed E-state index contributed by atoms with van der Waals surface area (Å²) in [6.45, 7) is 3.12. The quantitative estimate of drug-likeness (QED) is 0.531. The first-order valence-corrected chi connectivity index (χ1v) is 8.60. The van der Waals surface area contributed by atoms with E-state index in [0.717, 1.165) is 5.56 Å². The average molecular weight is 370 g/mol. The zero-order valence-electron chi connectivity index (χ0n) is 14.7. The highest BCUT2D eigenvalue weighted by Crippen LogP contribution is 2.19. The Morgan fingerprint density at radius 3 is 2.62 bits per heavy atom. The van der Waals surface area contributed by atoms with Gasteiger partial charge in [0, 0.05) is 24.2 Å². The van der Waals surface area contributed by atoms with Gasteiger partial charge in [0.2, 0.25) is 11.7 Å². The molecule has 0 radical (unpaired) electrons. The lowest BCUT2D eigenvalue weighted by Gasteiger charge is -2.10. The second-order valence-corrected chi connectivity index (χ2v) is 6.22. The van der Waals surface area contributed by atoms with Crippen LogP contribution < -0.4 is 10.6 Å². The van der Waals surface area contributed by atoms with E-state index in [1.54, 1.807) is 19.2 Å². The second kappa shape index (κ2) is 8.49. The van der Waals surface area contributed by atoms with E-state index in [9.17, 15) is 0 Å². The van der Waals surface area contributed by atoms with Gasteiger partial charge in [-0.05, 0) is 24.6 Å². The van der Waals surface area contributed by atoms with E-state index in [1.165, 1.54) is 11.1 Å². The van der Waals surface area contributed by atoms with Crippen LogP contribution in [0.4, 0.5) is 0 Å². The summed E-state index contributed by atoms with van der Waals surface area (Å²) >= 11 is 5.99. The van der Waals surface area contributed by atoms with E-state index in [1.807, 2.05) is 12.1 Å². The first-order valence-electron chi connectivity index (χ1n) is 8.22. The third kappa shape index (κ3) is 4.83. The van der Waals surface area contributed by atoms with Gasteiger partial charge in [-0.25, -0.2) is 0 Å². The van der Waals surface area contributed by atoms with Gasteiger partial charge in [0.1, 0.15) is 0 Å². The summed E-state index contributed by atoms with van der Waals surface area (Å²) in [5.41, 5.74) is 3.23. The summed E-state index contributed by atoms with van der Waals surface area (Å²) in [6.07, 6.45) is 0. The smallest absolute Gasteiger partial charge is 0.246 e. The summed E-state index contributed by atoms with van der Waals surface area (Å²) in [5, 5.41) is 11.0. The fourth-order valence-corrected chi connectivity index (χ4v) is 2.53. The van der Waals surface area contributed by atoms with Crippen molar-refractivity contribution in [1.82, 2.24) is 20.8 Å². The molecule has 0 aliphatic heterocycles. The van der Waals surface area contributed by atoms with E-state index in [4.69, 9.17) is 16.1 Å². The van der Waals surface area contributed by atoms with Crippen molar-refractivity contribution in [2.24, 2.45) is 4.99 Å². The molecule has 0 amide bonds. The SMILES string of the molecule is CN=C(NCc1ccc(C)cc1)NCc1nc(-c2cccc(Cl)c2)no1. The monoisotopic (exact) mass is 369 g/mol. The number of aryl methyl sites for hydroxylation is 1. The number of nitrogens with one attached hydrogen (secondary N) is 2. The maximum Gasteiger partial charge on any atom is 0.246 e. The number of guanidine groups is 1. The summed E-state index contributed by atoms with van der Waals surface area (Å²) in [5.74, 6) is 1.64. The molecule has 0 saturated carbocycles. The second-order valence-electron chi connectivity index (χ2n) is 5.79. The number of aromatic nitrogens is 2. The molecule has 0 aliphatic carbocycles. The summed E-state index contributed by atoms with van der Waals surface area (Å²) in [6, 6.07) is 15.7. The van der Waals surface area contributed by atoms with Crippen LogP contribution in [0.3, 0.4) is 0 Å². The molecule has 0 atom stereocenters. The molecule has 3 rings (SSSR count). The summed E-state index contributed by atoms with van der Waals surface area (Å²) in [7, 11) is 1.72. The number of rotatable bonds is 5. The summed E-state index contributed by atoms with van der Waals surface area (Å²) < 4.78 is 5.28. The predicted octanol–water partition coefficient (Wildman–Crippen LogP) is 3.56. The van der Waals surface area contributed by atoms with Gasteiger partial charge < -0.3 is 15.2 Å². The van der Waals surface area contributed by atoms with Gasteiger partial charge in [0.15, 0.2) is 5.96 Å². The number of halogens is 1. The molecule has 7 heteroatoms. The Bertz CT molecular complexity index is 889. The minimum Gasteiger partial charge on any atom is -0.352 e. The fraction of sp³-hybridized carbons (Fsp3) is 0.211. The molecule has 0 unspecified atom stereocenters. The van der Waals surface area contributed by atoms with Crippen LogP contribution in [0.15, 0.2) is 58.0 Å². The van der Waals surface area contributed by atoms with E-state index in [2.05, 4.69) is 57.0 Å². The van der Waals surface area contributed by atoms with Crippen LogP contribution in [-0.2, 0) is 13.1 Å². The average Bonchev–Trinajstić information content (AvgIpc) is 3.12. The minimum absolute atomic E-state index is 0.376. The Hall–Kier alpha value is -2.86. The molecule has 0 fully saturated rings. The van der Waals surface area contributed by atoms with Gasteiger partial charge in [-0.2, -0.15) is 4.98 Å². The van der Waals surface area contributed by atoms with Crippen LogP contribution >= 0.6 is 11.6 Å². The lowest BCUT2D eigenvalue weighted by atomic mass is 10.1. The Morgan fingerprint density at radius 2 is 1.88 bits per heavy atom. The van der Waals surface area contributed by atoms with Crippen molar-refractivity contribution in [3.05, 3.63) is 70.6 Å². The van der Waals surface area contributed by atoms with Gasteiger partial charge >= 0.3 is 0 Å². The molecule has 0 bridgehead atoms. The van der Waals surface area contributed by atoms with Crippen LogP contribution in [0.1, 0.15) is 17.0 Å². The van der Waals surface area contributed by atoms with E-state index < -0.39 is 0 Å². The molecule has 1 aromatic heterocycles. The standard InChI is InChI=1S/C19H20ClN5O/c1-13-6-8-14(9-7-13)11-22-19(21-2)23-12-17-24-18(25-26-17)15-4-3-5-16(20)10-15/h3-10H,11-12H2,1-2H3,(H2,21,22,23). The predicted molar refractivity (Wildman–Crippen MR) is 103 cm³/mol. The lowest BCUT2D eigenvalue weighted by molar-refractivity contribution is 0.375. The first kappa shape index (κ1) is 17.9. The van der Waals surface area contributed by atoms with E-state index >= 15 is 0 Å². The minimum atomic E-state index is 0.376. The van der Waals surface area contributed by atoms with Gasteiger partial charge in [-0.3, -0.25) is 4.99 Å². The highest BCUT2D eigenvalue weighted by Gasteiger charge is 2.09. The maximum atomic E-state index is 5.99. The zero-order valence-corrected chi connectivity index (χ0v) is 15.4. The van der Waals surface area contributed by atoms with Crippen LogP contribution in [0, 0.1) is 6.92 Å². The van der Waals surface area contributed by atoms with E-state index in [-0.39, 0.29) is 0 Å². The van der Waals surface area contributed by atoms with Gasteiger partial charge in [0.05, 0.1) is 6.54 Å². The fourth-order valence-electron chi connectivity index (χ4n) is 2.34. The largest absolute Gasteiger partial charge is 0.352 e. The molecule has 1 heterocycles. The molecule has 3 aromatic rings. The third-order valence-corrected chi connectivity index (χ3v) is 4.00. The molecule has 0 saturated heterocycles. The van der Waals surface area contributed by atoms with Crippen molar-refractivity contribution in [3.63, 3.8) is 0 Å². The Kier molecular flexibility index (Phi) is 5.86. The molecule has 0 aliphatic rings. The van der Waals surface area contributed by atoms with Crippen molar-refractivity contribution in [2.75, 3.05) is 7.05 Å². The number of hydrogen-bond donors (Lipinski definition) is 2. The van der Waals surface area contributed by atoms with Crippen LogP contribution in [0.2, 0.25) is 5.02 Å². The van der Waals surface area contributed by atoms with Crippen molar-refractivity contribution in [1.29, 1.82) is 0 Å². The molecule has 134 valence electrons. The highest BCUT2D eigenvalue weighted by atomic mass is 35.5. The van der Waals surface area contributed by atoms with Crippen LogP contribution in [0.5, 0.6) is 0 Å². The Balaban J connectivity index is 1.55. The van der Waals surface area contributed by atoms with Gasteiger partial charge in [-0.1, -0.05) is 58.7 Å². The first-order chi connectivity index (χ1) is 12.6. The van der Waals surface area contributed by atoms with Crippen LogP contribution in [0.25, 0.3) is 11.4 Å². The molecular formula is C19H20ClN5O. The number of hydrogen-bond acceptors (Lipinski definition) is 4. The molecule has 6 nitrogen and oxygen atoms in total. The third-order valence-electron chi connectivity index (χ3n) is 3.76. The molecule has 0 spiro atoms. The Morgan fingerprint density at radius 1 is 1.12 bits per heavy atom. The van der Waals surface area contributed by atoms with Crippen molar-refractivity contribution in [3.8, 4) is 11.4 Å².